The van der Waals surface area contributed by atoms with Gasteiger partial charge in [-0.15, -0.1) is 12.4 Å². The molecule has 1 fully saturated rings. The van der Waals surface area contributed by atoms with Gasteiger partial charge in [-0.2, -0.15) is 0 Å². The largest absolute Gasteiger partial charge is 0.492 e. The number of halogens is 1. The number of nitrogen functional groups attached to an aromatic ring is 1. The van der Waals surface area contributed by atoms with Crippen molar-refractivity contribution in [3.05, 3.63) is 29.8 Å². The topological polar surface area (TPSA) is 71.6 Å². The van der Waals surface area contributed by atoms with E-state index < -0.39 is 0 Å². The number of ether oxygens (including phenoxy) is 2. The second-order valence-corrected chi connectivity index (χ2v) is 4.24. The van der Waals surface area contributed by atoms with Crippen LogP contribution in [0.4, 0.5) is 0 Å². The maximum Gasteiger partial charge on any atom is 0.122 e. The smallest absolute Gasteiger partial charge is 0.122 e. The molecular formula is C13H20ClN3O2. The zero-order chi connectivity index (χ0) is 12.8. The molecule has 0 bridgehead atoms. The minimum atomic E-state index is 0. The van der Waals surface area contributed by atoms with Crippen LogP contribution in [-0.4, -0.2) is 50.2 Å². The number of rotatable bonds is 5. The Balaban J connectivity index is 0.00000180. The molecule has 0 atom stereocenters. The number of amidine groups is 1. The summed E-state index contributed by atoms with van der Waals surface area (Å²) < 4.78 is 10.9. The summed E-state index contributed by atoms with van der Waals surface area (Å²) in [7, 11) is 0. The van der Waals surface area contributed by atoms with Gasteiger partial charge in [0, 0.05) is 25.2 Å². The molecule has 0 aromatic heterocycles. The maximum atomic E-state index is 7.30. The van der Waals surface area contributed by atoms with Gasteiger partial charge in [-0.05, 0) is 24.3 Å². The van der Waals surface area contributed by atoms with Crippen LogP contribution >= 0.6 is 12.4 Å². The molecule has 19 heavy (non-hydrogen) atoms. The van der Waals surface area contributed by atoms with Crippen LogP contribution in [0.1, 0.15) is 5.56 Å². The first-order chi connectivity index (χ1) is 8.75. The molecular weight excluding hydrogens is 266 g/mol. The highest BCUT2D eigenvalue weighted by molar-refractivity contribution is 5.94. The normalized spacial score (nSPS) is 15.6. The van der Waals surface area contributed by atoms with Crippen molar-refractivity contribution < 1.29 is 9.47 Å². The summed E-state index contributed by atoms with van der Waals surface area (Å²) in [5.41, 5.74) is 6.10. The van der Waals surface area contributed by atoms with E-state index in [9.17, 15) is 0 Å². The van der Waals surface area contributed by atoms with E-state index in [0.29, 0.717) is 6.61 Å². The molecule has 106 valence electrons. The van der Waals surface area contributed by atoms with E-state index in [1.165, 1.54) is 0 Å². The third-order valence-electron chi connectivity index (χ3n) is 2.95. The molecule has 0 aliphatic carbocycles. The lowest BCUT2D eigenvalue weighted by Crippen LogP contribution is -2.38. The molecule has 1 heterocycles. The van der Waals surface area contributed by atoms with E-state index in [-0.39, 0.29) is 18.2 Å². The first kappa shape index (κ1) is 15.8. The van der Waals surface area contributed by atoms with Crippen molar-refractivity contribution >= 4 is 18.2 Å². The van der Waals surface area contributed by atoms with Gasteiger partial charge in [0.2, 0.25) is 0 Å². The van der Waals surface area contributed by atoms with Crippen LogP contribution in [0, 0.1) is 5.41 Å². The van der Waals surface area contributed by atoms with Crippen molar-refractivity contribution in [2.75, 3.05) is 39.5 Å². The Hall–Kier alpha value is -1.30. The van der Waals surface area contributed by atoms with Gasteiger partial charge in [0.25, 0.3) is 0 Å². The van der Waals surface area contributed by atoms with Crippen molar-refractivity contribution in [3.63, 3.8) is 0 Å². The number of benzene rings is 1. The molecule has 0 saturated carbocycles. The Kier molecular flexibility index (Phi) is 6.62. The predicted molar refractivity (Wildman–Crippen MR) is 77.5 cm³/mol. The number of hydrogen-bond acceptors (Lipinski definition) is 4. The second-order valence-electron chi connectivity index (χ2n) is 4.24. The molecule has 5 nitrogen and oxygen atoms in total. The maximum absolute atomic E-state index is 7.30. The summed E-state index contributed by atoms with van der Waals surface area (Å²) >= 11 is 0. The van der Waals surface area contributed by atoms with Crippen molar-refractivity contribution in [2.45, 2.75) is 0 Å². The van der Waals surface area contributed by atoms with Crippen LogP contribution in [0.2, 0.25) is 0 Å². The molecule has 3 N–H and O–H groups in total. The zero-order valence-electron chi connectivity index (χ0n) is 10.8. The minimum absolute atomic E-state index is 0. The minimum Gasteiger partial charge on any atom is -0.492 e. The van der Waals surface area contributed by atoms with Gasteiger partial charge >= 0.3 is 0 Å². The van der Waals surface area contributed by atoms with E-state index in [2.05, 4.69) is 4.90 Å². The molecule has 1 aliphatic heterocycles. The number of morpholine rings is 1. The van der Waals surface area contributed by atoms with Crippen molar-refractivity contribution in [2.24, 2.45) is 5.73 Å². The predicted octanol–water partition coefficient (Wildman–Crippen LogP) is 1.10. The molecule has 0 amide bonds. The first-order valence-electron chi connectivity index (χ1n) is 6.13. The van der Waals surface area contributed by atoms with E-state index in [0.717, 1.165) is 44.2 Å². The molecule has 6 heteroatoms. The van der Waals surface area contributed by atoms with Gasteiger partial charge in [-0.25, -0.2) is 0 Å². The Morgan fingerprint density at radius 2 is 1.89 bits per heavy atom. The molecule has 0 radical (unpaired) electrons. The molecule has 1 aliphatic rings. The summed E-state index contributed by atoms with van der Waals surface area (Å²) in [6, 6.07) is 7.28. The standard InChI is InChI=1S/C13H19N3O2.ClH/c14-13(15)11-1-3-12(4-2-11)18-10-7-16-5-8-17-9-6-16;/h1-4H,5-10H2,(H3,14,15);1H. The van der Waals surface area contributed by atoms with Crippen molar-refractivity contribution in [1.29, 1.82) is 5.41 Å². The highest BCUT2D eigenvalue weighted by Gasteiger charge is 2.09. The van der Waals surface area contributed by atoms with Crippen LogP contribution < -0.4 is 10.5 Å². The van der Waals surface area contributed by atoms with Crippen LogP contribution in [0.5, 0.6) is 5.75 Å². The Bertz CT molecular complexity index is 391. The molecule has 1 aromatic carbocycles. The first-order valence-corrected chi connectivity index (χ1v) is 6.13. The van der Waals surface area contributed by atoms with Crippen molar-refractivity contribution in [1.82, 2.24) is 4.90 Å². The summed E-state index contributed by atoms with van der Waals surface area (Å²) in [6.45, 7) is 5.16. The van der Waals surface area contributed by atoms with Gasteiger partial charge in [-0.1, -0.05) is 0 Å². The Labute approximate surface area is 119 Å². The second kappa shape index (κ2) is 7.99. The highest BCUT2D eigenvalue weighted by atomic mass is 35.5. The fourth-order valence-corrected chi connectivity index (χ4v) is 1.85. The Morgan fingerprint density at radius 3 is 2.47 bits per heavy atom. The summed E-state index contributed by atoms with van der Waals surface area (Å²) in [5.74, 6) is 0.892. The van der Waals surface area contributed by atoms with Crippen molar-refractivity contribution in [3.8, 4) is 5.75 Å². The van der Waals surface area contributed by atoms with Gasteiger partial charge in [0.15, 0.2) is 0 Å². The van der Waals surface area contributed by atoms with Gasteiger partial charge in [0.05, 0.1) is 13.2 Å². The average molecular weight is 286 g/mol. The molecule has 2 rings (SSSR count). The van der Waals surface area contributed by atoms with E-state index in [1.807, 2.05) is 12.1 Å². The fraction of sp³-hybridized carbons (Fsp3) is 0.462. The molecule has 0 spiro atoms. The summed E-state index contributed by atoms with van der Waals surface area (Å²) in [6.07, 6.45) is 0. The summed E-state index contributed by atoms with van der Waals surface area (Å²) in [5, 5.41) is 7.30. The van der Waals surface area contributed by atoms with Crippen LogP contribution in [-0.2, 0) is 4.74 Å². The zero-order valence-corrected chi connectivity index (χ0v) is 11.6. The molecule has 1 aromatic rings. The lowest BCUT2D eigenvalue weighted by molar-refractivity contribution is 0.0322. The van der Waals surface area contributed by atoms with Gasteiger partial charge < -0.3 is 15.2 Å². The van der Waals surface area contributed by atoms with Crippen LogP contribution in [0.15, 0.2) is 24.3 Å². The summed E-state index contributed by atoms with van der Waals surface area (Å²) in [4.78, 5) is 2.33. The van der Waals surface area contributed by atoms with Crippen LogP contribution in [0.25, 0.3) is 0 Å². The SMILES string of the molecule is Cl.N=C(N)c1ccc(OCCN2CCOCC2)cc1. The van der Waals surface area contributed by atoms with E-state index >= 15 is 0 Å². The third-order valence-corrected chi connectivity index (χ3v) is 2.95. The quantitative estimate of drug-likeness (QED) is 0.628. The number of hydrogen-bond donors (Lipinski definition) is 2. The average Bonchev–Trinajstić information content (AvgIpc) is 2.40. The monoisotopic (exact) mass is 285 g/mol. The van der Waals surface area contributed by atoms with Gasteiger partial charge in [-0.3, -0.25) is 10.3 Å². The van der Waals surface area contributed by atoms with E-state index in [4.69, 9.17) is 20.6 Å². The molecule has 1 saturated heterocycles. The number of nitrogens with two attached hydrogens (primary N) is 1. The lowest BCUT2D eigenvalue weighted by atomic mass is 10.2. The fourth-order valence-electron chi connectivity index (χ4n) is 1.85. The van der Waals surface area contributed by atoms with Crippen LogP contribution in [0.3, 0.4) is 0 Å². The highest BCUT2D eigenvalue weighted by Crippen LogP contribution is 2.11. The number of nitrogens with zero attached hydrogens (tertiary/aromatic N) is 1. The lowest BCUT2D eigenvalue weighted by Gasteiger charge is -2.26. The van der Waals surface area contributed by atoms with E-state index in [1.54, 1.807) is 12.1 Å². The Morgan fingerprint density at radius 1 is 1.26 bits per heavy atom. The number of nitrogens with one attached hydrogen (secondary N) is 1. The van der Waals surface area contributed by atoms with Gasteiger partial charge in [0.1, 0.15) is 18.2 Å². The third kappa shape index (κ3) is 5.06. The molecule has 0 unspecified atom stereocenters.